The predicted octanol–water partition coefficient (Wildman–Crippen LogP) is 4.27. The minimum Gasteiger partial charge on any atom is -0.340 e. The fourth-order valence-electron chi connectivity index (χ4n) is 2.25. The van der Waals surface area contributed by atoms with Crippen molar-refractivity contribution in [2.45, 2.75) is 20.8 Å². The molecule has 0 bridgehead atoms. The number of nitrogens with zero attached hydrogens (tertiary/aromatic N) is 3. The van der Waals surface area contributed by atoms with Crippen LogP contribution >= 0.6 is 11.3 Å². The summed E-state index contributed by atoms with van der Waals surface area (Å²) < 4.78 is 0. The summed E-state index contributed by atoms with van der Waals surface area (Å²) in [5.74, 6) is 1.43. The van der Waals surface area contributed by atoms with Crippen molar-refractivity contribution in [2.24, 2.45) is 0 Å². The first-order valence-electron chi connectivity index (χ1n) is 6.71. The Morgan fingerprint density at radius 2 is 1.82 bits per heavy atom. The summed E-state index contributed by atoms with van der Waals surface area (Å²) in [5.41, 5.74) is 1.98. The maximum atomic E-state index is 10.7. The van der Waals surface area contributed by atoms with Crippen LogP contribution in [-0.2, 0) is 0 Å². The summed E-state index contributed by atoms with van der Waals surface area (Å²) in [6.45, 7) is 5.96. The zero-order valence-electron chi connectivity index (χ0n) is 12.4. The molecule has 0 fully saturated rings. The van der Waals surface area contributed by atoms with Gasteiger partial charge in [0.25, 0.3) is 5.69 Å². The van der Waals surface area contributed by atoms with Gasteiger partial charge in [-0.2, -0.15) is 0 Å². The normalized spacial score (nSPS) is 10.9. The number of fused-ring (bicyclic) bond motifs is 1. The van der Waals surface area contributed by atoms with Crippen molar-refractivity contribution >= 4 is 38.7 Å². The number of aromatic nitrogens is 2. The van der Waals surface area contributed by atoms with Gasteiger partial charge in [-0.1, -0.05) is 0 Å². The molecule has 22 heavy (non-hydrogen) atoms. The Labute approximate surface area is 131 Å². The first-order valence-corrected chi connectivity index (χ1v) is 7.53. The van der Waals surface area contributed by atoms with Crippen LogP contribution in [0.2, 0.25) is 0 Å². The summed E-state index contributed by atoms with van der Waals surface area (Å²) in [6.07, 6.45) is 0. The topological polar surface area (TPSA) is 81.0 Å². The second kappa shape index (κ2) is 5.34. The lowest BCUT2D eigenvalue weighted by Gasteiger charge is -2.08. The van der Waals surface area contributed by atoms with E-state index in [1.54, 1.807) is 23.5 Å². The summed E-state index contributed by atoms with van der Waals surface area (Å²) in [7, 11) is 0. The van der Waals surface area contributed by atoms with Crippen LogP contribution in [0.3, 0.4) is 0 Å². The maximum absolute atomic E-state index is 10.7. The molecule has 0 saturated carbocycles. The van der Waals surface area contributed by atoms with E-state index in [-0.39, 0.29) is 5.69 Å². The van der Waals surface area contributed by atoms with E-state index in [9.17, 15) is 10.1 Å². The monoisotopic (exact) mass is 314 g/mol. The van der Waals surface area contributed by atoms with Crippen molar-refractivity contribution in [1.29, 1.82) is 0 Å². The third kappa shape index (κ3) is 2.50. The van der Waals surface area contributed by atoms with Gasteiger partial charge in [-0.15, -0.1) is 11.3 Å². The van der Waals surface area contributed by atoms with Crippen molar-refractivity contribution in [3.8, 4) is 0 Å². The third-order valence-corrected chi connectivity index (χ3v) is 4.58. The molecule has 6 nitrogen and oxygen atoms in total. The fraction of sp³-hybridized carbons (Fsp3) is 0.200. The molecular formula is C15H14N4O2S. The van der Waals surface area contributed by atoms with Gasteiger partial charge in [0.1, 0.15) is 16.5 Å². The molecule has 3 rings (SSSR count). The Hall–Kier alpha value is -2.54. The lowest BCUT2D eigenvalue weighted by molar-refractivity contribution is -0.384. The van der Waals surface area contributed by atoms with Gasteiger partial charge in [-0.3, -0.25) is 10.1 Å². The molecule has 0 spiro atoms. The highest BCUT2D eigenvalue weighted by Gasteiger charge is 2.14. The number of aryl methyl sites for hydroxylation is 3. The number of nitro benzene ring substituents is 1. The molecule has 0 amide bonds. The molecule has 0 saturated heterocycles. The average molecular weight is 314 g/mol. The van der Waals surface area contributed by atoms with E-state index in [0.717, 1.165) is 27.3 Å². The molecule has 0 aliphatic carbocycles. The highest BCUT2D eigenvalue weighted by molar-refractivity contribution is 7.18. The van der Waals surface area contributed by atoms with E-state index in [1.165, 1.54) is 17.0 Å². The van der Waals surface area contributed by atoms with Crippen molar-refractivity contribution < 1.29 is 4.92 Å². The second-order valence-electron chi connectivity index (χ2n) is 5.01. The molecule has 0 radical (unpaired) electrons. The largest absolute Gasteiger partial charge is 0.340 e. The van der Waals surface area contributed by atoms with Crippen LogP contribution in [0.15, 0.2) is 24.3 Å². The maximum Gasteiger partial charge on any atom is 0.269 e. The Kier molecular flexibility index (Phi) is 3.50. The average Bonchev–Trinajstić information content (AvgIpc) is 2.74. The van der Waals surface area contributed by atoms with Crippen LogP contribution in [0.25, 0.3) is 10.2 Å². The second-order valence-corrected chi connectivity index (χ2v) is 6.22. The molecule has 1 aromatic carbocycles. The van der Waals surface area contributed by atoms with Crippen molar-refractivity contribution in [2.75, 3.05) is 5.32 Å². The highest BCUT2D eigenvalue weighted by Crippen LogP contribution is 2.34. The van der Waals surface area contributed by atoms with Crippen LogP contribution in [0, 0.1) is 30.9 Å². The van der Waals surface area contributed by atoms with Crippen molar-refractivity contribution in [3.63, 3.8) is 0 Å². The summed E-state index contributed by atoms with van der Waals surface area (Å²) >= 11 is 1.64. The molecule has 0 atom stereocenters. The molecule has 7 heteroatoms. The van der Waals surface area contributed by atoms with Crippen LogP contribution in [0.4, 0.5) is 17.2 Å². The lowest BCUT2D eigenvalue weighted by Crippen LogP contribution is -1.98. The first kappa shape index (κ1) is 14.4. The highest BCUT2D eigenvalue weighted by atomic mass is 32.1. The van der Waals surface area contributed by atoms with Gasteiger partial charge in [0.05, 0.1) is 10.3 Å². The quantitative estimate of drug-likeness (QED) is 0.577. The van der Waals surface area contributed by atoms with Gasteiger partial charge in [0, 0.05) is 22.7 Å². The summed E-state index contributed by atoms with van der Waals surface area (Å²) in [4.78, 5) is 21.4. The molecular weight excluding hydrogens is 300 g/mol. The number of thiophene rings is 1. The van der Waals surface area contributed by atoms with E-state index < -0.39 is 4.92 Å². The van der Waals surface area contributed by atoms with E-state index in [1.807, 2.05) is 13.8 Å². The zero-order chi connectivity index (χ0) is 15.9. The number of hydrogen-bond acceptors (Lipinski definition) is 6. The number of nitrogens with one attached hydrogen (secondary N) is 1. The zero-order valence-corrected chi connectivity index (χ0v) is 13.2. The molecule has 1 N–H and O–H groups in total. The van der Waals surface area contributed by atoms with Gasteiger partial charge in [-0.05, 0) is 38.5 Å². The predicted molar refractivity (Wildman–Crippen MR) is 88.0 cm³/mol. The van der Waals surface area contributed by atoms with Gasteiger partial charge in [-0.25, -0.2) is 9.97 Å². The van der Waals surface area contributed by atoms with Crippen LogP contribution in [-0.4, -0.2) is 14.9 Å². The Balaban J connectivity index is 2.04. The van der Waals surface area contributed by atoms with Gasteiger partial charge in [0.15, 0.2) is 0 Å². The molecule has 2 aromatic heterocycles. The Morgan fingerprint density at radius 3 is 2.45 bits per heavy atom. The molecule has 2 heterocycles. The van der Waals surface area contributed by atoms with E-state index >= 15 is 0 Å². The number of nitro groups is 1. The number of hydrogen-bond donors (Lipinski definition) is 1. The van der Waals surface area contributed by atoms with Gasteiger partial charge >= 0.3 is 0 Å². The van der Waals surface area contributed by atoms with Crippen molar-refractivity contribution in [1.82, 2.24) is 9.97 Å². The number of benzene rings is 1. The van der Waals surface area contributed by atoms with E-state index in [0.29, 0.717) is 5.82 Å². The van der Waals surface area contributed by atoms with Crippen molar-refractivity contribution in [3.05, 3.63) is 50.6 Å². The minimum atomic E-state index is -0.413. The van der Waals surface area contributed by atoms with E-state index in [4.69, 9.17) is 0 Å². The number of non-ortho nitro benzene ring substituents is 1. The summed E-state index contributed by atoms with van der Waals surface area (Å²) in [5, 5.41) is 15.0. The van der Waals surface area contributed by atoms with Crippen LogP contribution < -0.4 is 5.32 Å². The third-order valence-electron chi connectivity index (χ3n) is 3.48. The molecule has 3 aromatic rings. The minimum absolute atomic E-state index is 0.0668. The van der Waals surface area contributed by atoms with Gasteiger partial charge in [0.2, 0.25) is 0 Å². The number of anilines is 2. The molecule has 0 aliphatic rings. The van der Waals surface area contributed by atoms with E-state index in [2.05, 4.69) is 22.2 Å². The SMILES string of the molecule is Cc1nc(Nc2ccc([N+](=O)[O-])cc2)c2c(C)c(C)sc2n1. The molecule has 0 unspecified atom stereocenters. The number of rotatable bonds is 3. The van der Waals surface area contributed by atoms with Gasteiger partial charge < -0.3 is 5.32 Å². The van der Waals surface area contributed by atoms with Crippen LogP contribution in [0.1, 0.15) is 16.3 Å². The molecule has 112 valence electrons. The summed E-state index contributed by atoms with van der Waals surface area (Å²) in [6, 6.07) is 6.30. The standard InChI is InChI=1S/C15H14N4O2S/c1-8-9(2)22-15-13(8)14(16-10(3)17-15)18-11-4-6-12(7-5-11)19(20)21/h4-7H,1-3H3,(H,16,17,18). The molecule has 0 aliphatic heterocycles. The first-order chi connectivity index (χ1) is 10.5. The Bertz CT molecular complexity index is 871. The Morgan fingerprint density at radius 1 is 1.14 bits per heavy atom. The smallest absolute Gasteiger partial charge is 0.269 e. The lowest BCUT2D eigenvalue weighted by atomic mass is 10.2. The fourth-order valence-corrected chi connectivity index (χ4v) is 3.32. The van der Waals surface area contributed by atoms with Crippen LogP contribution in [0.5, 0.6) is 0 Å².